The summed E-state index contributed by atoms with van der Waals surface area (Å²) < 4.78 is 120. The second-order valence-corrected chi connectivity index (χ2v) is 7.59. The van der Waals surface area contributed by atoms with Gasteiger partial charge in [-0.05, 0) is 42.7 Å². The number of hydrogen-bond acceptors (Lipinski definition) is 2. The highest BCUT2D eigenvalue weighted by molar-refractivity contribution is 6.31. The topological polar surface area (TPSA) is 55.1 Å². The van der Waals surface area contributed by atoms with Gasteiger partial charge >= 0.3 is 23.9 Å². The molecular formula is C20H16ClF9N2O. The standard InChI is InChI=1S/C20H16ClF9N2O/c1-9-5-13(17(22,19(25,26)27)18(23,24)20(28,29)30)6-10(2)15(9)32-16(33)11-3-4-12(8-31)14(21)7-11/h3-7H,8,31H2,1-2H3,(H,32,33). The summed E-state index contributed by atoms with van der Waals surface area (Å²) in [6.07, 6.45) is -13.4. The number of aryl methyl sites for hydroxylation is 2. The number of alkyl halides is 9. The molecule has 0 aromatic heterocycles. The van der Waals surface area contributed by atoms with Gasteiger partial charge in [0.15, 0.2) is 0 Å². The van der Waals surface area contributed by atoms with Gasteiger partial charge in [-0.25, -0.2) is 4.39 Å². The molecule has 0 aliphatic carbocycles. The molecule has 0 saturated carbocycles. The summed E-state index contributed by atoms with van der Waals surface area (Å²) in [5, 5.41) is 2.45. The predicted octanol–water partition coefficient (Wildman–Crippen LogP) is 6.59. The number of anilines is 1. The molecule has 0 bridgehead atoms. The van der Waals surface area contributed by atoms with Crippen LogP contribution in [0.2, 0.25) is 5.02 Å². The minimum absolute atomic E-state index is 0.00110. The van der Waals surface area contributed by atoms with Crippen molar-refractivity contribution in [1.29, 1.82) is 0 Å². The van der Waals surface area contributed by atoms with E-state index in [1.807, 2.05) is 0 Å². The molecule has 0 spiro atoms. The van der Waals surface area contributed by atoms with E-state index in [9.17, 15) is 44.3 Å². The van der Waals surface area contributed by atoms with Gasteiger partial charge < -0.3 is 11.1 Å². The zero-order valence-corrected chi connectivity index (χ0v) is 17.6. The molecule has 0 heterocycles. The monoisotopic (exact) mass is 506 g/mol. The molecule has 3 nitrogen and oxygen atoms in total. The van der Waals surface area contributed by atoms with Crippen molar-refractivity contribution in [3.05, 3.63) is 63.2 Å². The first kappa shape index (κ1) is 26.8. The van der Waals surface area contributed by atoms with E-state index in [2.05, 4.69) is 5.32 Å². The fourth-order valence-corrected chi connectivity index (χ4v) is 3.38. The Kier molecular flexibility index (Phi) is 7.07. The van der Waals surface area contributed by atoms with Crippen molar-refractivity contribution in [2.75, 3.05) is 5.32 Å². The number of carbonyl (C=O) groups is 1. The van der Waals surface area contributed by atoms with Crippen LogP contribution in [0.1, 0.15) is 32.6 Å². The zero-order valence-electron chi connectivity index (χ0n) is 16.9. The van der Waals surface area contributed by atoms with Crippen LogP contribution in [0.15, 0.2) is 30.3 Å². The molecule has 2 rings (SSSR count). The maximum atomic E-state index is 14.7. The molecular weight excluding hydrogens is 491 g/mol. The second kappa shape index (κ2) is 8.71. The Hall–Kier alpha value is -2.47. The maximum Gasteiger partial charge on any atom is 0.457 e. The lowest BCUT2D eigenvalue weighted by Crippen LogP contribution is -2.59. The lowest BCUT2D eigenvalue weighted by molar-refractivity contribution is -0.389. The van der Waals surface area contributed by atoms with Gasteiger partial charge in [0.25, 0.3) is 5.91 Å². The van der Waals surface area contributed by atoms with E-state index in [1.54, 1.807) is 0 Å². The fraction of sp³-hybridized carbons (Fsp3) is 0.350. The summed E-state index contributed by atoms with van der Waals surface area (Å²) in [6.45, 7) is 2.10. The van der Waals surface area contributed by atoms with Crippen LogP contribution < -0.4 is 11.1 Å². The van der Waals surface area contributed by atoms with Crippen LogP contribution in [0.25, 0.3) is 0 Å². The van der Waals surface area contributed by atoms with Crippen LogP contribution >= 0.6 is 11.6 Å². The van der Waals surface area contributed by atoms with Gasteiger partial charge in [-0.2, -0.15) is 35.1 Å². The fourth-order valence-electron chi connectivity index (χ4n) is 3.12. The van der Waals surface area contributed by atoms with Crippen molar-refractivity contribution in [2.45, 2.75) is 44.3 Å². The highest BCUT2D eigenvalue weighted by atomic mass is 35.5. The molecule has 0 aliphatic heterocycles. The van der Waals surface area contributed by atoms with E-state index in [0.717, 1.165) is 13.8 Å². The molecule has 0 fully saturated rings. The number of benzene rings is 2. The van der Waals surface area contributed by atoms with Crippen LogP contribution in [-0.4, -0.2) is 24.2 Å². The predicted molar refractivity (Wildman–Crippen MR) is 103 cm³/mol. The number of rotatable bonds is 5. The Morgan fingerprint density at radius 1 is 0.909 bits per heavy atom. The average molecular weight is 507 g/mol. The minimum Gasteiger partial charge on any atom is -0.326 e. The highest BCUT2D eigenvalue weighted by Gasteiger charge is 2.81. The number of amides is 1. The molecule has 2 aromatic rings. The highest BCUT2D eigenvalue weighted by Crippen LogP contribution is 2.58. The van der Waals surface area contributed by atoms with Gasteiger partial charge in [-0.15, -0.1) is 0 Å². The first-order valence-corrected chi connectivity index (χ1v) is 9.38. The largest absolute Gasteiger partial charge is 0.457 e. The smallest absolute Gasteiger partial charge is 0.326 e. The number of carbonyl (C=O) groups excluding carboxylic acids is 1. The molecule has 2 aromatic carbocycles. The molecule has 1 atom stereocenters. The summed E-state index contributed by atoms with van der Waals surface area (Å²) in [5.41, 5.74) is -3.02. The summed E-state index contributed by atoms with van der Waals surface area (Å²) in [6, 6.07) is 4.39. The van der Waals surface area contributed by atoms with E-state index in [0.29, 0.717) is 5.56 Å². The van der Waals surface area contributed by atoms with E-state index in [-0.39, 0.29) is 46.1 Å². The molecule has 0 radical (unpaired) electrons. The third kappa shape index (κ3) is 4.63. The number of nitrogens with two attached hydrogens (primary N) is 1. The van der Waals surface area contributed by atoms with Crippen LogP contribution in [0, 0.1) is 13.8 Å². The van der Waals surface area contributed by atoms with Crippen molar-refractivity contribution >= 4 is 23.2 Å². The second-order valence-electron chi connectivity index (χ2n) is 7.18. The number of nitrogens with one attached hydrogen (secondary N) is 1. The maximum absolute atomic E-state index is 14.7. The molecule has 0 aliphatic rings. The SMILES string of the molecule is Cc1cc(C(F)(C(F)(F)F)C(F)(F)C(F)(F)F)cc(C)c1NC(=O)c1ccc(CN)c(Cl)c1. The Morgan fingerprint density at radius 2 is 1.42 bits per heavy atom. The summed E-state index contributed by atoms with van der Waals surface area (Å²) >= 11 is 5.96. The van der Waals surface area contributed by atoms with Crippen molar-refractivity contribution in [1.82, 2.24) is 0 Å². The Labute approximate surface area is 186 Å². The quantitative estimate of drug-likeness (QED) is 0.449. The van der Waals surface area contributed by atoms with Crippen LogP contribution in [0.4, 0.5) is 45.2 Å². The summed E-state index contributed by atoms with van der Waals surface area (Å²) in [7, 11) is 0. The van der Waals surface area contributed by atoms with E-state index < -0.39 is 35.4 Å². The first-order chi connectivity index (χ1) is 14.9. The Bertz CT molecular complexity index is 1040. The third-order valence-electron chi connectivity index (χ3n) is 4.88. The molecule has 33 heavy (non-hydrogen) atoms. The molecule has 3 N–H and O–H groups in total. The number of hydrogen-bond donors (Lipinski definition) is 2. The lowest BCUT2D eigenvalue weighted by atomic mass is 9.85. The molecule has 0 saturated heterocycles. The minimum atomic E-state index is -6.83. The van der Waals surface area contributed by atoms with E-state index in [1.165, 1.54) is 18.2 Å². The van der Waals surface area contributed by atoms with Gasteiger partial charge in [0, 0.05) is 28.4 Å². The average Bonchev–Trinajstić information content (AvgIpc) is 2.67. The lowest BCUT2D eigenvalue weighted by Gasteiger charge is -2.36. The van der Waals surface area contributed by atoms with Crippen LogP contribution in [-0.2, 0) is 12.2 Å². The third-order valence-corrected chi connectivity index (χ3v) is 5.24. The van der Waals surface area contributed by atoms with E-state index in [4.69, 9.17) is 17.3 Å². The Balaban J connectivity index is 2.55. The van der Waals surface area contributed by atoms with Gasteiger partial charge in [0.2, 0.25) is 0 Å². The zero-order chi connectivity index (χ0) is 25.6. The van der Waals surface area contributed by atoms with Gasteiger partial charge in [-0.1, -0.05) is 29.8 Å². The molecule has 1 unspecified atom stereocenters. The molecule has 13 heteroatoms. The molecule has 182 valence electrons. The van der Waals surface area contributed by atoms with Crippen LogP contribution in [0.3, 0.4) is 0 Å². The Morgan fingerprint density at radius 3 is 1.82 bits per heavy atom. The van der Waals surface area contributed by atoms with Crippen molar-refractivity contribution in [3.8, 4) is 0 Å². The van der Waals surface area contributed by atoms with Gasteiger partial charge in [0.1, 0.15) is 0 Å². The number of halogens is 10. The molecule has 1 amide bonds. The van der Waals surface area contributed by atoms with Gasteiger partial charge in [0.05, 0.1) is 0 Å². The van der Waals surface area contributed by atoms with Crippen LogP contribution in [0.5, 0.6) is 0 Å². The normalized spacial score (nSPS) is 14.7. The summed E-state index contributed by atoms with van der Waals surface area (Å²) in [5.74, 6) is -7.61. The van der Waals surface area contributed by atoms with E-state index >= 15 is 0 Å². The van der Waals surface area contributed by atoms with Crippen molar-refractivity contribution in [2.24, 2.45) is 5.73 Å². The van der Waals surface area contributed by atoms with Gasteiger partial charge in [-0.3, -0.25) is 4.79 Å². The van der Waals surface area contributed by atoms with Crippen molar-refractivity contribution < 1.29 is 44.3 Å². The first-order valence-electron chi connectivity index (χ1n) is 9.00. The summed E-state index contributed by atoms with van der Waals surface area (Å²) in [4.78, 5) is 12.5. The van der Waals surface area contributed by atoms with Crippen molar-refractivity contribution in [3.63, 3.8) is 0 Å².